The van der Waals surface area contributed by atoms with Gasteiger partial charge in [0.05, 0.1) is 18.1 Å². The van der Waals surface area contributed by atoms with Crippen molar-refractivity contribution in [2.24, 2.45) is 0 Å². The van der Waals surface area contributed by atoms with Crippen molar-refractivity contribution in [3.05, 3.63) is 11.1 Å². The molecule has 2 aromatic heterocycles. The van der Waals surface area contributed by atoms with E-state index in [4.69, 9.17) is 4.74 Å². The molecule has 0 aromatic carbocycles. The summed E-state index contributed by atoms with van der Waals surface area (Å²) in [7, 11) is 1.64. The molecule has 0 radical (unpaired) electrons. The zero-order chi connectivity index (χ0) is 15.1. The van der Waals surface area contributed by atoms with E-state index in [0.717, 1.165) is 15.2 Å². The molecule has 0 saturated carbocycles. The molecule has 0 atom stereocenters. The van der Waals surface area contributed by atoms with Crippen molar-refractivity contribution < 1.29 is 9.53 Å². The van der Waals surface area contributed by atoms with Gasteiger partial charge in [0.1, 0.15) is 0 Å². The van der Waals surface area contributed by atoms with Gasteiger partial charge >= 0.3 is 0 Å². The second kappa shape index (κ2) is 8.27. The normalized spacial score (nSPS) is 10.6. The highest BCUT2D eigenvalue weighted by Gasteiger charge is 2.09. The van der Waals surface area contributed by atoms with Gasteiger partial charge in [0.2, 0.25) is 11.0 Å². The Hall–Kier alpha value is -1.23. The predicted molar refractivity (Wildman–Crippen MR) is 86.5 cm³/mol. The van der Waals surface area contributed by atoms with Crippen LogP contribution in [-0.2, 0) is 9.53 Å². The maximum absolute atomic E-state index is 11.8. The average molecular weight is 345 g/mol. The van der Waals surface area contributed by atoms with Crippen molar-refractivity contribution >= 4 is 50.6 Å². The van der Waals surface area contributed by atoms with Crippen LogP contribution in [0.3, 0.4) is 0 Å². The first-order valence-corrected chi connectivity index (χ1v) is 8.76. The van der Waals surface area contributed by atoms with Crippen molar-refractivity contribution in [2.75, 3.05) is 36.6 Å². The third-order valence-electron chi connectivity index (χ3n) is 2.18. The molecule has 2 N–H and O–H groups in total. The van der Waals surface area contributed by atoms with Crippen LogP contribution < -0.4 is 10.6 Å². The van der Waals surface area contributed by atoms with Crippen LogP contribution in [0.15, 0.2) is 9.72 Å². The Kier molecular flexibility index (Phi) is 6.36. The molecule has 0 unspecified atom stereocenters. The molecule has 0 aliphatic heterocycles. The summed E-state index contributed by atoms with van der Waals surface area (Å²) < 4.78 is 5.69. The average Bonchev–Trinajstić information content (AvgIpc) is 3.06. The molecule has 1 amide bonds. The molecule has 21 heavy (non-hydrogen) atoms. The molecule has 0 fully saturated rings. The highest BCUT2D eigenvalue weighted by molar-refractivity contribution is 8.01. The minimum Gasteiger partial charge on any atom is -0.383 e. The molecule has 2 heterocycles. The van der Waals surface area contributed by atoms with E-state index in [9.17, 15) is 4.79 Å². The number of amides is 1. The Bertz CT molecular complexity index is 586. The second-order valence-electron chi connectivity index (χ2n) is 3.92. The van der Waals surface area contributed by atoms with Crippen LogP contribution in [0.2, 0.25) is 0 Å². The Morgan fingerprint density at radius 1 is 1.43 bits per heavy atom. The number of aryl methyl sites for hydroxylation is 1. The number of ether oxygens (including phenoxy) is 1. The lowest BCUT2D eigenvalue weighted by molar-refractivity contribution is -0.113. The van der Waals surface area contributed by atoms with Gasteiger partial charge in [-0.25, -0.2) is 4.98 Å². The lowest BCUT2D eigenvalue weighted by atomic mass is 10.6. The number of thioether (sulfide) groups is 1. The van der Waals surface area contributed by atoms with Crippen LogP contribution in [-0.4, -0.2) is 47.1 Å². The fourth-order valence-corrected chi connectivity index (χ4v) is 3.58. The minimum atomic E-state index is -0.0987. The van der Waals surface area contributed by atoms with Gasteiger partial charge in [0.15, 0.2) is 9.47 Å². The number of nitrogens with one attached hydrogen (secondary N) is 2. The molecule has 2 rings (SSSR count). The number of rotatable bonds is 8. The molecule has 7 nitrogen and oxygen atoms in total. The molecular formula is C11H15N5O2S3. The van der Waals surface area contributed by atoms with E-state index >= 15 is 0 Å². The SMILES string of the molecule is COCCNc1nnc(SCC(=O)Nc2nc(C)cs2)s1. The van der Waals surface area contributed by atoms with Crippen LogP contribution >= 0.6 is 34.4 Å². The maximum atomic E-state index is 11.8. The summed E-state index contributed by atoms with van der Waals surface area (Å²) >= 11 is 4.19. The van der Waals surface area contributed by atoms with Crippen molar-refractivity contribution in [1.82, 2.24) is 15.2 Å². The molecule has 10 heteroatoms. The van der Waals surface area contributed by atoms with E-state index in [2.05, 4.69) is 25.8 Å². The van der Waals surface area contributed by atoms with Crippen LogP contribution in [0.5, 0.6) is 0 Å². The highest BCUT2D eigenvalue weighted by Crippen LogP contribution is 2.25. The number of nitrogens with zero attached hydrogens (tertiary/aromatic N) is 3. The van der Waals surface area contributed by atoms with Crippen molar-refractivity contribution in [2.45, 2.75) is 11.3 Å². The summed E-state index contributed by atoms with van der Waals surface area (Å²) in [4.78, 5) is 16.0. The van der Waals surface area contributed by atoms with Crippen molar-refractivity contribution in [1.29, 1.82) is 0 Å². The van der Waals surface area contributed by atoms with E-state index in [1.165, 1.54) is 34.4 Å². The molecular weight excluding hydrogens is 330 g/mol. The van der Waals surface area contributed by atoms with Crippen LogP contribution in [0.25, 0.3) is 0 Å². The van der Waals surface area contributed by atoms with Crippen LogP contribution in [0, 0.1) is 6.92 Å². The van der Waals surface area contributed by atoms with Gasteiger partial charge in [0, 0.05) is 19.0 Å². The van der Waals surface area contributed by atoms with E-state index < -0.39 is 0 Å². The number of carbonyl (C=O) groups excluding carboxylic acids is 1. The third-order valence-corrected chi connectivity index (χ3v) is 5.07. The monoisotopic (exact) mass is 345 g/mol. The summed E-state index contributed by atoms with van der Waals surface area (Å²) in [5, 5.41) is 17.1. The quantitative estimate of drug-likeness (QED) is 0.559. The van der Waals surface area contributed by atoms with Gasteiger partial charge in [-0.1, -0.05) is 23.1 Å². The largest absolute Gasteiger partial charge is 0.383 e. The Morgan fingerprint density at radius 2 is 2.29 bits per heavy atom. The predicted octanol–water partition coefficient (Wildman–Crippen LogP) is 2.09. The molecule has 2 aromatic rings. The van der Waals surface area contributed by atoms with E-state index in [1.54, 1.807) is 7.11 Å². The fourth-order valence-electron chi connectivity index (χ4n) is 1.29. The summed E-state index contributed by atoms with van der Waals surface area (Å²) in [5.41, 5.74) is 0.902. The minimum absolute atomic E-state index is 0.0987. The molecule has 0 aliphatic carbocycles. The van der Waals surface area contributed by atoms with Gasteiger partial charge in [-0.3, -0.25) is 4.79 Å². The Labute approximate surface area is 134 Å². The van der Waals surface area contributed by atoms with E-state index in [-0.39, 0.29) is 11.7 Å². The summed E-state index contributed by atoms with van der Waals surface area (Å²) in [5.74, 6) is 0.184. The van der Waals surface area contributed by atoms with E-state index in [0.29, 0.717) is 18.3 Å². The summed E-state index contributed by atoms with van der Waals surface area (Å²) in [6.07, 6.45) is 0. The Balaban J connectivity index is 1.73. The number of anilines is 2. The molecule has 0 aliphatic rings. The lowest BCUT2D eigenvalue weighted by Gasteiger charge is -1.99. The third kappa shape index (κ3) is 5.58. The number of aromatic nitrogens is 3. The first-order valence-electron chi connectivity index (χ1n) is 6.08. The first kappa shape index (κ1) is 16.1. The zero-order valence-corrected chi connectivity index (χ0v) is 14.0. The number of hydrogen-bond acceptors (Lipinski definition) is 9. The number of hydrogen-bond donors (Lipinski definition) is 2. The smallest absolute Gasteiger partial charge is 0.236 e. The highest BCUT2D eigenvalue weighted by atomic mass is 32.2. The van der Waals surface area contributed by atoms with Gasteiger partial charge in [-0.2, -0.15) is 0 Å². The van der Waals surface area contributed by atoms with Crippen molar-refractivity contribution in [3.8, 4) is 0 Å². The maximum Gasteiger partial charge on any atom is 0.236 e. The summed E-state index contributed by atoms with van der Waals surface area (Å²) in [6, 6.07) is 0. The number of thiazole rings is 1. The summed E-state index contributed by atoms with van der Waals surface area (Å²) in [6.45, 7) is 3.18. The van der Waals surface area contributed by atoms with E-state index in [1.807, 2.05) is 12.3 Å². The first-order chi connectivity index (χ1) is 10.2. The standard InChI is InChI=1S/C11H15N5O2S3/c1-7-5-19-10(13-7)14-8(17)6-20-11-16-15-9(21-11)12-3-4-18-2/h5H,3-4,6H2,1-2H3,(H,12,15)(H,13,14,17). The topological polar surface area (TPSA) is 89.0 Å². The van der Waals surface area contributed by atoms with Gasteiger partial charge in [0.25, 0.3) is 0 Å². The van der Waals surface area contributed by atoms with Gasteiger partial charge < -0.3 is 15.4 Å². The lowest BCUT2D eigenvalue weighted by Crippen LogP contribution is -2.13. The van der Waals surface area contributed by atoms with Gasteiger partial charge in [-0.15, -0.1) is 21.5 Å². The number of methoxy groups -OCH3 is 1. The van der Waals surface area contributed by atoms with Crippen molar-refractivity contribution in [3.63, 3.8) is 0 Å². The Morgan fingerprint density at radius 3 is 3.00 bits per heavy atom. The zero-order valence-electron chi connectivity index (χ0n) is 11.6. The molecule has 114 valence electrons. The second-order valence-corrected chi connectivity index (χ2v) is 6.98. The molecule has 0 saturated heterocycles. The number of carbonyl (C=O) groups is 1. The van der Waals surface area contributed by atoms with Crippen LogP contribution in [0.1, 0.15) is 5.69 Å². The van der Waals surface area contributed by atoms with Crippen LogP contribution in [0.4, 0.5) is 10.3 Å². The molecule has 0 bridgehead atoms. The van der Waals surface area contributed by atoms with Gasteiger partial charge in [-0.05, 0) is 6.92 Å². The molecule has 0 spiro atoms. The fraction of sp³-hybridized carbons (Fsp3) is 0.455.